The third kappa shape index (κ3) is 6.57. The fourth-order valence-electron chi connectivity index (χ4n) is 1.88. The van der Waals surface area contributed by atoms with Gasteiger partial charge in [-0.15, -0.1) is 23.7 Å². The van der Waals surface area contributed by atoms with Crippen LogP contribution in [0.15, 0.2) is 42.5 Å². The van der Waals surface area contributed by atoms with Crippen LogP contribution in [0.5, 0.6) is 0 Å². The minimum Gasteiger partial charge on any atom is -0.351 e. The summed E-state index contributed by atoms with van der Waals surface area (Å²) in [5, 5.41) is 8.88. The van der Waals surface area contributed by atoms with Crippen LogP contribution in [0.1, 0.15) is 22.5 Å². The number of halogens is 1. The predicted octanol–water partition coefficient (Wildman–Crippen LogP) is 3.28. The van der Waals surface area contributed by atoms with Crippen molar-refractivity contribution in [3.63, 3.8) is 0 Å². The van der Waals surface area contributed by atoms with E-state index in [4.69, 9.17) is 5.73 Å². The number of hydrogen-bond donors (Lipinski definition) is 4. The molecule has 1 aromatic heterocycles. The molecule has 2 aromatic rings. The minimum absolute atomic E-state index is 0. The van der Waals surface area contributed by atoms with Crippen molar-refractivity contribution < 1.29 is 9.59 Å². The quantitative estimate of drug-likeness (QED) is 0.564. The Bertz CT molecular complexity index is 649. The number of hydrogen-bond acceptors (Lipinski definition) is 4. The number of nitrogens with two attached hydrogens (primary N) is 1. The highest BCUT2D eigenvalue weighted by molar-refractivity contribution is 7.18. The molecule has 24 heavy (non-hydrogen) atoms. The van der Waals surface area contributed by atoms with E-state index in [1.165, 1.54) is 11.3 Å². The number of amides is 3. The van der Waals surface area contributed by atoms with Gasteiger partial charge in [-0.2, -0.15) is 0 Å². The molecule has 5 N–H and O–H groups in total. The van der Waals surface area contributed by atoms with Crippen LogP contribution in [0.25, 0.3) is 0 Å². The maximum absolute atomic E-state index is 11.9. The highest BCUT2D eigenvalue weighted by atomic mass is 35.5. The zero-order valence-corrected chi connectivity index (χ0v) is 14.7. The van der Waals surface area contributed by atoms with Gasteiger partial charge in [-0.25, -0.2) is 4.79 Å². The van der Waals surface area contributed by atoms with E-state index in [1.807, 2.05) is 18.2 Å². The Hall–Kier alpha value is -2.09. The summed E-state index contributed by atoms with van der Waals surface area (Å²) in [6, 6.07) is 12.2. The first-order chi connectivity index (χ1) is 11.2. The van der Waals surface area contributed by atoms with Crippen LogP contribution in [0.2, 0.25) is 0 Å². The van der Waals surface area contributed by atoms with Crippen molar-refractivity contribution in [1.82, 2.24) is 5.32 Å². The zero-order valence-electron chi connectivity index (χ0n) is 13.1. The van der Waals surface area contributed by atoms with Crippen molar-refractivity contribution in [1.29, 1.82) is 0 Å². The van der Waals surface area contributed by atoms with Crippen LogP contribution in [-0.2, 0) is 0 Å². The number of anilines is 2. The molecule has 0 saturated heterocycles. The molecule has 130 valence electrons. The van der Waals surface area contributed by atoms with Gasteiger partial charge in [0.05, 0.1) is 9.88 Å². The fraction of sp³-hybridized carbons (Fsp3) is 0.250. The summed E-state index contributed by atoms with van der Waals surface area (Å²) in [6.45, 7) is 1.23. The van der Waals surface area contributed by atoms with Crippen molar-refractivity contribution >= 4 is 46.4 Å². The van der Waals surface area contributed by atoms with Crippen LogP contribution < -0.4 is 21.7 Å². The lowest BCUT2D eigenvalue weighted by Crippen LogP contribution is -2.24. The Labute approximate surface area is 151 Å². The molecular weight excluding hydrogens is 348 g/mol. The molecule has 8 heteroatoms. The second kappa shape index (κ2) is 10.6. The third-order valence-corrected chi connectivity index (χ3v) is 4.01. The molecule has 0 bridgehead atoms. The lowest BCUT2D eigenvalue weighted by atomic mass is 10.3. The molecular formula is C16H21ClN4O2S. The molecule has 0 saturated carbocycles. The number of para-hydroxylation sites is 1. The predicted molar refractivity (Wildman–Crippen MR) is 101 cm³/mol. The summed E-state index contributed by atoms with van der Waals surface area (Å²) in [6.07, 6.45) is 1.75. The Morgan fingerprint density at radius 1 is 1.00 bits per heavy atom. The fourth-order valence-corrected chi connectivity index (χ4v) is 2.70. The van der Waals surface area contributed by atoms with Crippen molar-refractivity contribution in [2.75, 3.05) is 23.7 Å². The first kappa shape index (κ1) is 20.0. The minimum atomic E-state index is -0.340. The molecule has 6 nitrogen and oxygen atoms in total. The molecule has 0 aliphatic heterocycles. The molecule has 3 amide bonds. The Kier molecular flexibility index (Phi) is 8.85. The zero-order chi connectivity index (χ0) is 16.5. The van der Waals surface area contributed by atoms with Crippen LogP contribution in [0, 0.1) is 0 Å². The molecule has 0 atom stereocenters. The van der Waals surface area contributed by atoms with Gasteiger partial charge in [-0.3, -0.25) is 10.1 Å². The van der Waals surface area contributed by atoms with Crippen LogP contribution >= 0.6 is 23.7 Å². The van der Waals surface area contributed by atoms with Gasteiger partial charge in [0, 0.05) is 12.2 Å². The maximum Gasteiger partial charge on any atom is 0.324 e. The Morgan fingerprint density at radius 2 is 1.75 bits per heavy atom. The number of carbonyl (C=O) groups excluding carboxylic acids is 2. The van der Waals surface area contributed by atoms with Gasteiger partial charge in [0.15, 0.2) is 0 Å². The van der Waals surface area contributed by atoms with Crippen LogP contribution in [0.3, 0.4) is 0 Å². The van der Waals surface area contributed by atoms with Gasteiger partial charge >= 0.3 is 6.03 Å². The average Bonchev–Trinajstić information content (AvgIpc) is 3.00. The summed E-state index contributed by atoms with van der Waals surface area (Å²) < 4.78 is 0. The number of thiophene rings is 1. The summed E-state index contributed by atoms with van der Waals surface area (Å²) in [5.74, 6) is -0.136. The molecule has 0 unspecified atom stereocenters. The molecule has 0 spiro atoms. The number of benzene rings is 1. The number of carbonyl (C=O) groups is 2. The largest absolute Gasteiger partial charge is 0.351 e. The maximum atomic E-state index is 11.9. The smallest absolute Gasteiger partial charge is 0.324 e. The average molecular weight is 369 g/mol. The van der Waals surface area contributed by atoms with E-state index in [0.717, 1.165) is 12.8 Å². The molecule has 0 aliphatic carbocycles. The van der Waals surface area contributed by atoms with E-state index in [-0.39, 0.29) is 24.3 Å². The van der Waals surface area contributed by atoms with Crippen molar-refractivity contribution in [2.24, 2.45) is 5.73 Å². The molecule has 0 aliphatic rings. The van der Waals surface area contributed by atoms with E-state index in [0.29, 0.717) is 28.7 Å². The normalized spacial score (nSPS) is 9.71. The van der Waals surface area contributed by atoms with Crippen molar-refractivity contribution in [2.45, 2.75) is 12.8 Å². The van der Waals surface area contributed by atoms with Gasteiger partial charge in [0.25, 0.3) is 5.91 Å². The lowest BCUT2D eigenvalue weighted by molar-refractivity contribution is 0.0957. The van der Waals surface area contributed by atoms with E-state index in [1.54, 1.807) is 24.3 Å². The topological polar surface area (TPSA) is 96.2 Å². The highest BCUT2D eigenvalue weighted by Gasteiger charge is 2.10. The molecule has 1 aromatic carbocycles. The summed E-state index contributed by atoms with van der Waals surface area (Å²) >= 11 is 1.23. The van der Waals surface area contributed by atoms with Gasteiger partial charge in [0.1, 0.15) is 0 Å². The van der Waals surface area contributed by atoms with Gasteiger partial charge in [-0.05, 0) is 43.7 Å². The highest BCUT2D eigenvalue weighted by Crippen LogP contribution is 2.22. The number of urea groups is 1. The second-order valence-electron chi connectivity index (χ2n) is 4.86. The number of unbranched alkanes of at least 4 members (excludes halogenated alkanes) is 1. The summed E-state index contributed by atoms with van der Waals surface area (Å²) in [7, 11) is 0. The first-order valence-corrected chi connectivity index (χ1v) is 8.22. The first-order valence-electron chi connectivity index (χ1n) is 7.40. The summed E-state index contributed by atoms with van der Waals surface area (Å²) in [4.78, 5) is 24.4. The van der Waals surface area contributed by atoms with Crippen LogP contribution in [-0.4, -0.2) is 25.0 Å². The van der Waals surface area contributed by atoms with Gasteiger partial charge in [-0.1, -0.05) is 18.2 Å². The molecule has 0 fully saturated rings. The van der Waals surface area contributed by atoms with E-state index < -0.39 is 0 Å². The van der Waals surface area contributed by atoms with Crippen molar-refractivity contribution in [3.8, 4) is 0 Å². The van der Waals surface area contributed by atoms with Gasteiger partial charge in [0.2, 0.25) is 0 Å². The van der Waals surface area contributed by atoms with E-state index in [9.17, 15) is 9.59 Å². The Balaban J connectivity index is 0.00000288. The molecule has 0 radical (unpaired) electrons. The molecule has 1 heterocycles. The standard InChI is InChI=1S/C16H20N4O2S.ClH/c17-10-4-5-11-18-15(21)13-8-9-14(23-13)20-16(22)19-12-6-2-1-3-7-12;/h1-3,6-9H,4-5,10-11,17H2,(H,18,21)(H2,19,20,22);1H. The number of rotatable bonds is 7. The second-order valence-corrected chi connectivity index (χ2v) is 5.94. The summed E-state index contributed by atoms with van der Waals surface area (Å²) in [5.41, 5.74) is 6.11. The lowest BCUT2D eigenvalue weighted by Gasteiger charge is -2.05. The molecule has 2 rings (SSSR count). The Morgan fingerprint density at radius 3 is 2.46 bits per heavy atom. The van der Waals surface area contributed by atoms with Crippen molar-refractivity contribution in [3.05, 3.63) is 47.3 Å². The van der Waals surface area contributed by atoms with E-state index in [2.05, 4.69) is 16.0 Å². The van der Waals surface area contributed by atoms with Gasteiger partial charge < -0.3 is 16.4 Å². The monoisotopic (exact) mass is 368 g/mol. The SMILES string of the molecule is Cl.NCCCCNC(=O)c1ccc(NC(=O)Nc2ccccc2)s1. The third-order valence-electron chi connectivity index (χ3n) is 3.01. The van der Waals surface area contributed by atoms with E-state index >= 15 is 0 Å². The van der Waals surface area contributed by atoms with Crippen LogP contribution in [0.4, 0.5) is 15.5 Å². The number of nitrogens with one attached hydrogen (secondary N) is 3.